The molecule has 1 amide bonds. The number of benzene rings is 2. The summed E-state index contributed by atoms with van der Waals surface area (Å²) in [7, 11) is 0. The van der Waals surface area contributed by atoms with Crippen LogP contribution in [-0.4, -0.2) is 12.5 Å². The van der Waals surface area contributed by atoms with Crippen LogP contribution in [0.3, 0.4) is 0 Å². The number of hydrogen-bond acceptors (Lipinski definition) is 1. The monoisotopic (exact) mass is 309 g/mol. The third-order valence-corrected chi connectivity index (χ3v) is 4.15. The van der Waals surface area contributed by atoms with Gasteiger partial charge in [0, 0.05) is 18.4 Å². The number of amides is 1. The van der Waals surface area contributed by atoms with Crippen molar-refractivity contribution in [2.75, 3.05) is 6.54 Å². The maximum atomic E-state index is 12.3. The highest BCUT2D eigenvalue weighted by atomic mass is 16.1. The molecule has 0 unspecified atom stereocenters. The molecule has 2 aromatic rings. The zero-order valence-corrected chi connectivity index (χ0v) is 14.6. The van der Waals surface area contributed by atoms with Gasteiger partial charge in [0.25, 0.3) is 0 Å². The first-order valence-electron chi connectivity index (χ1n) is 8.19. The molecule has 2 heteroatoms. The Morgan fingerprint density at radius 2 is 1.26 bits per heavy atom. The number of carbonyl (C=O) groups excluding carboxylic acids is 1. The van der Waals surface area contributed by atoms with Crippen molar-refractivity contribution in [2.45, 2.75) is 39.5 Å². The Labute approximate surface area is 139 Å². The fourth-order valence-electron chi connectivity index (χ4n) is 2.80. The highest BCUT2D eigenvalue weighted by Crippen LogP contribution is 2.31. The predicted molar refractivity (Wildman–Crippen MR) is 96.4 cm³/mol. The molecule has 2 nitrogen and oxygen atoms in total. The second kappa shape index (κ2) is 6.99. The highest BCUT2D eigenvalue weighted by molar-refractivity contribution is 5.76. The van der Waals surface area contributed by atoms with Crippen LogP contribution >= 0.6 is 0 Å². The molecule has 23 heavy (non-hydrogen) atoms. The van der Waals surface area contributed by atoms with Crippen molar-refractivity contribution in [3.8, 4) is 0 Å². The molecule has 0 aliphatic rings. The van der Waals surface area contributed by atoms with Gasteiger partial charge in [0.2, 0.25) is 5.91 Å². The van der Waals surface area contributed by atoms with E-state index in [9.17, 15) is 4.79 Å². The highest BCUT2D eigenvalue weighted by Gasteiger charge is 2.29. The average molecular weight is 309 g/mol. The van der Waals surface area contributed by atoms with Crippen LogP contribution in [0.1, 0.15) is 45.2 Å². The van der Waals surface area contributed by atoms with E-state index in [1.807, 2.05) is 36.4 Å². The van der Waals surface area contributed by atoms with Gasteiger partial charge in [-0.15, -0.1) is 0 Å². The van der Waals surface area contributed by atoms with Gasteiger partial charge in [-0.05, 0) is 23.5 Å². The van der Waals surface area contributed by atoms with Gasteiger partial charge in [0.15, 0.2) is 0 Å². The molecule has 0 saturated heterocycles. The minimum Gasteiger partial charge on any atom is -0.355 e. The van der Waals surface area contributed by atoms with E-state index in [4.69, 9.17) is 0 Å². The van der Waals surface area contributed by atoms with Crippen LogP contribution in [-0.2, 0) is 10.2 Å². The van der Waals surface area contributed by atoms with E-state index in [1.165, 1.54) is 11.1 Å². The second-order valence-corrected chi connectivity index (χ2v) is 7.58. The Balaban J connectivity index is 2.24. The zero-order chi connectivity index (χ0) is 16.9. The topological polar surface area (TPSA) is 29.1 Å². The lowest BCUT2D eigenvalue weighted by Crippen LogP contribution is -2.40. The van der Waals surface area contributed by atoms with E-state index in [2.05, 4.69) is 57.3 Å². The van der Waals surface area contributed by atoms with Crippen LogP contribution in [0.5, 0.6) is 0 Å². The van der Waals surface area contributed by atoms with Gasteiger partial charge in [-0.1, -0.05) is 81.4 Å². The van der Waals surface area contributed by atoms with E-state index in [1.54, 1.807) is 0 Å². The first-order valence-corrected chi connectivity index (χ1v) is 8.19. The van der Waals surface area contributed by atoms with Gasteiger partial charge < -0.3 is 5.32 Å². The van der Waals surface area contributed by atoms with Crippen molar-refractivity contribution in [2.24, 2.45) is 5.41 Å². The summed E-state index contributed by atoms with van der Waals surface area (Å²) in [5.41, 5.74) is 2.18. The van der Waals surface area contributed by atoms with Gasteiger partial charge in [0.1, 0.15) is 0 Å². The van der Waals surface area contributed by atoms with E-state index < -0.39 is 0 Å². The average Bonchev–Trinajstić information content (AvgIpc) is 2.53. The minimum atomic E-state index is -0.240. The van der Waals surface area contributed by atoms with Crippen LogP contribution < -0.4 is 5.32 Å². The SMILES string of the molecule is CC(C)(C)CC(=O)NCC(C)(c1ccccc1)c1ccccc1. The van der Waals surface area contributed by atoms with Gasteiger partial charge >= 0.3 is 0 Å². The lowest BCUT2D eigenvalue weighted by Gasteiger charge is -2.32. The van der Waals surface area contributed by atoms with Gasteiger partial charge in [-0.2, -0.15) is 0 Å². The quantitative estimate of drug-likeness (QED) is 0.863. The molecule has 2 aromatic carbocycles. The van der Waals surface area contributed by atoms with Crippen LogP contribution in [0.2, 0.25) is 0 Å². The molecule has 0 aromatic heterocycles. The molecule has 0 aliphatic heterocycles. The Morgan fingerprint density at radius 3 is 1.65 bits per heavy atom. The first kappa shape index (κ1) is 17.3. The summed E-state index contributed by atoms with van der Waals surface area (Å²) < 4.78 is 0. The molecule has 0 spiro atoms. The van der Waals surface area contributed by atoms with Crippen LogP contribution in [0.4, 0.5) is 0 Å². The molecule has 122 valence electrons. The van der Waals surface area contributed by atoms with E-state index in [0.29, 0.717) is 13.0 Å². The van der Waals surface area contributed by atoms with E-state index in [-0.39, 0.29) is 16.7 Å². The number of hydrogen-bond donors (Lipinski definition) is 1. The number of carbonyl (C=O) groups is 1. The molecule has 2 rings (SSSR count). The van der Waals surface area contributed by atoms with E-state index >= 15 is 0 Å². The molecular weight excluding hydrogens is 282 g/mol. The standard InChI is InChI=1S/C21H27NO/c1-20(2,3)15-19(23)22-16-21(4,17-11-7-5-8-12-17)18-13-9-6-10-14-18/h5-14H,15-16H2,1-4H3,(H,22,23). The van der Waals surface area contributed by atoms with Crippen molar-refractivity contribution in [3.05, 3.63) is 71.8 Å². The summed E-state index contributed by atoms with van der Waals surface area (Å²) >= 11 is 0. The first-order chi connectivity index (χ1) is 10.8. The molecule has 0 aliphatic carbocycles. The lowest BCUT2D eigenvalue weighted by molar-refractivity contribution is -0.123. The van der Waals surface area contributed by atoms with Crippen LogP contribution in [0.15, 0.2) is 60.7 Å². The van der Waals surface area contributed by atoms with Gasteiger partial charge in [-0.25, -0.2) is 0 Å². The van der Waals surface area contributed by atoms with E-state index in [0.717, 1.165) is 0 Å². The fourth-order valence-corrected chi connectivity index (χ4v) is 2.80. The van der Waals surface area contributed by atoms with Crippen molar-refractivity contribution < 1.29 is 4.79 Å². The smallest absolute Gasteiger partial charge is 0.220 e. The molecule has 0 saturated carbocycles. The van der Waals surface area contributed by atoms with Crippen molar-refractivity contribution >= 4 is 5.91 Å². The Bertz CT molecular complexity index is 586. The van der Waals surface area contributed by atoms with Gasteiger partial charge in [-0.3, -0.25) is 4.79 Å². The van der Waals surface area contributed by atoms with Crippen LogP contribution in [0.25, 0.3) is 0 Å². The van der Waals surface area contributed by atoms with Crippen molar-refractivity contribution in [1.82, 2.24) is 5.32 Å². The predicted octanol–water partition coefficient (Wildman–Crippen LogP) is 4.55. The summed E-state index contributed by atoms with van der Waals surface area (Å²) in [4.78, 5) is 12.3. The molecule has 1 N–H and O–H groups in total. The van der Waals surface area contributed by atoms with Gasteiger partial charge in [0.05, 0.1) is 0 Å². The largest absolute Gasteiger partial charge is 0.355 e. The third-order valence-electron chi connectivity index (χ3n) is 4.15. The number of rotatable bonds is 5. The number of nitrogens with one attached hydrogen (secondary N) is 1. The molecule has 0 atom stereocenters. The maximum Gasteiger partial charge on any atom is 0.220 e. The Morgan fingerprint density at radius 1 is 0.826 bits per heavy atom. The molecule has 0 bridgehead atoms. The van der Waals surface area contributed by atoms with Crippen molar-refractivity contribution in [1.29, 1.82) is 0 Å². The fraction of sp³-hybridized carbons (Fsp3) is 0.381. The Kier molecular flexibility index (Phi) is 5.25. The third kappa shape index (κ3) is 4.69. The zero-order valence-electron chi connectivity index (χ0n) is 14.6. The van der Waals surface area contributed by atoms with Crippen molar-refractivity contribution in [3.63, 3.8) is 0 Å². The normalized spacial score (nSPS) is 12.0. The van der Waals surface area contributed by atoms with Crippen LogP contribution in [0, 0.1) is 5.41 Å². The molecular formula is C21H27NO. The lowest BCUT2D eigenvalue weighted by atomic mass is 9.76. The molecule has 0 radical (unpaired) electrons. The Hall–Kier alpha value is -2.09. The maximum absolute atomic E-state index is 12.3. The summed E-state index contributed by atoms with van der Waals surface area (Å²) in [6, 6.07) is 20.7. The molecule has 0 heterocycles. The summed E-state index contributed by atoms with van der Waals surface area (Å²) in [6.45, 7) is 9.03. The molecule has 0 fully saturated rings. The summed E-state index contributed by atoms with van der Waals surface area (Å²) in [5, 5.41) is 3.14. The summed E-state index contributed by atoms with van der Waals surface area (Å²) in [6.07, 6.45) is 0.534. The minimum absolute atomic E-state index is 0.0000213. The second-order valence-electron chi connectivity index (χ2n) is 7.58. The summed E-state index contributed by atoms with van der Waals surface area (Å²) in [5.74, 6) is 0.107.